The zero-order valence-corrected chi connectivity index (χ0v) is 16.7. The van der Waals surface area contributed by atoms with Crippen LogP contribution >= 0.6 is 11.8 Å². The van der Waals surface area contributed by atoms with Gasteiger partial charge in [-0.2, -0.15) is 4.68 Å². The maximum absolute atomic E-state index is 12.8. The summed E-state index contributed by atoms with van der Waals surface area (Å²) in [5.41, 5.74) is 3.62. The van der Waals surface area contributed by atoms with E-state index in [1.807, 2.05) is 50.2 Å². The summed E-state index contributed by atoms with van der Waals surface area (Å²) >= 11 is 1.34. The van der Waals surface area contributed by atoms with Gasteiger partial charge in [0, 0.05) is 24.1 Å². The Balaban J connectivity index is 1.75. The number of aromatic nitrogens is 5. The van der Waals surface area contributed by atoms with Crippen molar-refractivity contribution < 1.29 is 9.53 Å². The second-order valence-corrected chi connectivity index (χ2v) is 7.32. The summed E-state index contributed by atoms with van der Waals surface area (Å²) < 4.78 is 9.04. The number of rotatable bonds is 8. The summed E-state index contributed by atoms with van der Waals surface area (Å²) in [6.45, 7) is 6.68. The Hall–Kier alpha value is -2.45. The summed E-state index contributed by atoms with van der Waals surface area (Å²) in [5.74, 6) is 0.336. The van der Waals surface area contributed by atoms with E-state index >= 15 is 0 Å². The molecule has 0 aliphatic rings. The fourth-order valence-corrected chi connectivity index (χ4v) is 4.04. The minimum absolute atomic E-state index is 0.0616. The molecule has 0 saturated carbocycles. The van der Waals surface area contributed by atoms with Crippen LogP contribution in [0.4, 0.5) is 0 Å². The summed E-state index contributed by atoms with van der Waals surface area (Å²) in [5, 5.41) is 12.4. The van der Waals surface area contributed by atoms with Crippen molar-refractivity contribution in [2.45, 2.75) is 32.0 Å². The average molecular weight is 385 g/mol. The van der Waals surface area contributed by atoms with Crippen LogP contribution in [0.15, 0.2) is 41.6 Å². The third kappa shape index (κ3) is 4.12. The van der Waals surface area contributed by atoms with Gasteiger partial charge in [0.25, 0.3) is 0 Å². The molecule has 3 rings (SSSR count). The highest BCUT2D eigenvalue weighted by molar-refractivity contribution is 7.99. The predicted molar refractivity (Wildman–Crippen MR) is 105 cm³/mol. The molecule has 7 nitrogen and oxygen atoms in total. The van der Waals surface area contributed by atoms with Gasteiger partial charge in [-0.15, -0.1) is 5.10 Å². The van der Waals surface area contributed by atoms with E-state index in [4.69, 9.17) is 4.74 Å². The summed E-state index contributed by atoms with van der Waals surface area (Å²) in [4.78, 5) is 12.8. The fourth-order valence-electron chi connectivity index (χ4n) is 3.26. The van der Waals surface area contributed by atoms with Crippen molar-refractivity contribution in [1.29, 1.82) is 0 Å². The molecule has 0 amide bonds. The monoisotopic (exact) mass is 385 g/mol. The van der Waals surface area contributed by atoms with Crippen LogP contribution < -0.4 is 0 Å². The minimum atomic E-state index is 0.0616. The number of para-hydroxylation sites is 1. The van der Waals surface area contributed by atoms with Crippen molar-refractivity contribution in [2.75, 3.05) is 19.5 Å². The molecule has 142 valence electrons. The first-order chi connectivity index (χ1) is 13.0. The highest BCUT2D eigenvalue weighted by Gasteiger charge is 2.20. The number of thioether (sulfide) groups is 1. The minimum Gasteiger partial charge on any atom is -0.383 e. The highest BCUT2D eigenvalue weighted by Crippen LogP contribution is 2.24. The van der Waals surface area contributed by atoms with E-state index in [9.17, 15) is 4.79 Å². The van der Waals surface area contributed by atoms with Crippen molar-refractivity contribution >= 4 is 17.5 Å². The molecule has 0 radical (unpaired) electrons. The van der Waals surface area contributed by atoms with Crippen molar-refractivity contribution in [3.8, 4) is 5.69 Å². The van der Waals surface area contributed by atoms with Gasteiger partial charge in [0.1, 0.15) is 0 Å². The van der Waals surface area contributed by atoms with Crippen molar-refractivity contribution in [1.82, 2.24) is 24.8 Å². The molecular formula is C19H23N5O2S. The van der Waals surface area contributed by atoms with E-state index in [2.05, 4.69) is 27.0 Å². The lowest BCUT2D eigenvalue weighted by atomic mass is 10.2. The van der Waals surface area contributed by atoms with Gasteiger partial charge < -0.3 is 9.30 Å². The van der Waals surface area contributed by atoms with Crippen LogP contribution in [-0.2, 0) is 4.74 Å². The molecule has 27 heavy (non-hydrogen) atoms. The van der Waals surface area contributed by atoms with Crippen LogP contribution in [0.2, 0.25) is 0 Å². The average Bonchev–Trinajstić information content (AvgIpc) is 3.25. The fraction of sp³-hybridized carbons (Fsp3) is 0.368. The van der Waals surface area contributed by atoms with Crippen molar-refractivity contribution in [2.24, 2.45) is 0 Å². The number of benzene rings is 1. The lowest BCUT2D eigenvalue weighted by Crippen LogP contribution is -2.14. The normalized spacial score (nSPS) is 12.3. The van der Waals surface area contributed by atoms with E-state index < -0.39 is 0 Å². The smallest absolute Gasteiger partial charge is 0.214 e. The maximum Gasteiger partial charge on any atom is 0.214 e. The lowest BCUT2D eigenvalue weighted by Gasteiger charge is -2.17. The summed E-state index contributed by atoms with van der Waals surface area (Å²) in [6, 6.07) is 11.8. The van der Waals surface area contributed by atoms with Crippen molar-refractivity contribution in [3.05, 3.63) is 53.3 Å². The van der Waals surface area contributed by atoms with E-state index in [1.165, 1.54) is 11.8 Å². The Morgan fingerprint density at radius 2 is 2.00 bits per heavy atom. The molecule has 0 spiro atoms. The highest BCUT2D eigenvalue weighted by atomic mass is 32.2. The molecule has 3 aromatic rings. The van der Waals surface area contributed by atoms with Gasteiger partial charge in [0.15, 0.2) is 5.78 Å². The first kappa shape index (κ1) is 19.3. The molecule has 0 saturated heterocycles. The number of aryl methyl sites for hydroxylation is 1. The Kier molecular flexibility index (Phi) is 6.08. The Labute approximate surface area is 162 Å². The zero-order chi connectivity index (χ0) is 19.4. The van der Waals surface area contributed by atoms with E-state index in [1.54, 1.807) is 11.8 Å². The molecule has 0 fully saturated rings. The molecule has 2 heterocycles. The van der Waals surface area contributed by atoms with Gasteiger partial charge in [-0.05, 0) is 49.4 Å². The number of hydrogen-bond acceptors (Lipinski definition) is 6. The molecule has 0 aliphatic heterocycles. The number of Topliss-reactive ketones (excluding diaryl/α,β-unsaturated/α-hetero) is 1. The number of carbonyl (C=O) groups is 1. The van der Waals surface area contributed by atoms with E-state index in [0.29, 0.717) is 11.8 Å². The molecule has 0 aliphatic carbocycles. The Morgan fingerprint density at radius 3 is 2.70 bits per heavy atom. The van der Waals surface area contributed by atoms with Crippen LogP contribution in [0.25, 0.3) is 5.69 Å². The van der Waals surface area contributed by atoms with Gasteiger partial charge in [-0.1, -0.05) is 30.0 Å². The second-order valence-electron chi connectivity index (χ2n) is 6.38. The molecule has 0 bridgehead atoms. The predicted octanol–water partition coefficient (Wildman–Crippen LogP) is 3.26. The third-order valence-electron chi connectivity index (χ3n) is 4.41. The van der Waals surface area contributed by atoms with Crippen LogP contribution in [0.3, 0.4) is 0 Å². The summed E-state index contributed by atoms with van der Waals surface area (Å²) in [7, 11) is 1.68. The number of hydrogen-bond donors (Lipinski definition) is 0. The summed E-state index contributed by atoms with van der Waals surface area (Å²) in [6.07, 6.45) is 0. The van der Waals surface area contributed by atoms with Crippen LogP contribution in [-0.4, -0.2) is 50.0 Å². The Morgan fingerprint density at radius 1 is 1.26 bits per heavy atom. The molecular weight excluding hydrogens is 362 g/mol. The van der Waals surface area contributed by atoms with Gasteiger partial charge in [-0.25, -0.2) is 0 Å². The molecule has 1 atom stereocenters. The SMILES string of the molecule is COC[C@@H](C)n1c(C)cc(C(=O)CSc2nnnn2-c2ccccc2)c1C. The molecule has 0 unspecified atom stereocenters. The number of tetrazole rings is 1. The van der Waals surface area contributed by atoms with Gasteiger partial charge in [0.2, 0.25) is 5.16 Å². The van der Waals surface area contributed by atoms with Crippen molar-refractivity contribution in [3.63, 3.8) is 0 Å². The number of nitrogens with zero attached hydrogens (tertiary/aromatic N) is 5. The quantitative estimate of drug-likeness (QED) is 0.438. The number of methoxy groups -OCH3 is 1. The van der Waals surface area contributed by atoms with Crippen LogP contribution in [0.5, 0.6) is 0 Å². The largest absolute Gasteiger partial charge is 0.383 e. The second kappa shape index (κ2) is 8.49. The van der Waals surface area contributed by atoms with E-state index in [-0.39, 0.29) is 17.6 Å². The van der Waals surface area contributed by atoms with Gasteiger partial charge >= 0.3 is 0 Å². The molecule has 1 aromatic carbocycles. The zero-order valence-electron chi connectivity index (χ0n) is 15.9. The number of carbonyl (C=O) groups excluding carboxylic acids is 1. The Bertz CT molecular complexity index is 920. The van der Waals surface area contributed by atoms with Crippen LogP contribution in [0.1, 0.15) is 34.7 Å². The lowest BCUT2D eigenvalue weighted by molar-refractivity contribution is 0.102. The molecule has 2 aromatic heterocycles. The van der Waals surface area contributed by atoms with Gasteiger partial charge in [-0.3, -0.25) is 4.79 Å². The van der Waals surface area contributed by atoms with Gasteiger partial charge in [0.05, 0.1) is 24.1 Å². The molecule has 8 heteroatoms. The first-order valence-electron chi connectivity index (χ1n) is 8.70. The number of ketones is 1. The maximum atomic E-state index is 12.8. The first-order valence-corrected chi connectivity index (χ1v) is 9.68. The number of ether oxygens (including phenoxy) is 1. The molecule has 0 N–H and O–H groups in total. The van der Waals surface area contributed by atoms with Crippen LogP contribution in [0, 0.1) is 13.8 Å². The third-order valence-corrected chi connectivity index (χ3v) is 5.33. The topological polar surface area (TPSA) is 74.8 Å². The standard InChI is InChI=1S/C19H23N5O2S/c1-13-10-17(15(3)23(13)14(2)11-26-4)18(25)12-27-19-20-21-22-24(19)16-8-6-5-7-9-16/h5-10,14H,11-12H2,1-4H3/t14-/m1/s1. The van der Waals surface area contributed by atoms with E-state index in [0.717, 1.165) is 22.6 Å².